The van der Waals surface area contributed by atoms with Crippen molar-refractivity contribution < 1.29 is 0 Å². The van der Waals surface area contributed by atoms with Crippen LogP contribution in [0.4, 0.5) is 0 Å². The molecule has 2 heterocycles. The van der Waals surface area contributed by atoms with E-state index in [9.17, 15) is 0 Å². The lowest BCUT2D eigenvalue weighted by Gasteiger charge is -2.07. The average Bonchev–Trinajstić information content (AvgIpc) is 3.58. The Morgan fingerprint density at radius 2 is 1.19 bits per heavy atom. The molecule has 0 bridgehead atoms. The molecule has 0 atom stereocenters. The van der Waals surface area contributed by atoms with E-state index in [1.807, 2.05) is 22.7 Å². The number of hydrogen-bond acceptors (Lipinski definition) is 2. The van der Waals surface area contributed by atoms with Gasteiger partial charge in [-0.05, 0) is 75.7 Å². The second kappa shape index (κ2) is 12.4. The van der Waals surface area contributed by atoms with E-state index >= 15 is 0 Å². The van der Waals surface area contributed by atoms with Crippen LogP contribution >= 0.6 is 22.7 Å². The van der Waals surface area contributed by atoms with Crippen LogP contribution < -0.4 is 0 Å². The van der Waals surface area contributed by atoms with Gasteiger partial charge >= 0.3 is 0 Å². The Balaban J connectivity index is 1.46. The van der Waals surface area contributed by atoms with E-state index in [1.54, 1.807) is 0 Å². The van der Waals surface area contributed by atoms with E-state index < -0.39 is 0 Å². The van der Waals surface area contributed by atoms with Crippen molar-refractivity contribution in [1.82, 2.24) is 0 Å². The minimum Gasteiger partial charge on any atom is -0.144 e. The number of thiophene rings is 2. The van der Waals surface area contributed by atoms with Gasteiger partial charge in [-0.25, -0.2) is 0 Å². The number of fused-ring (bicyclic) bond motifs is 1. The molecule has 0 saturated carbocycles. The normalized spacial score (nSPS) is 11.4. The molecule has 0 amide bonds. The van der Waals surface area contributed by atoms with Gasteiger partial charge in [-0.3, -0.25) is 0 Å². The molecular weight excluding hydrogens is 424 g/mol. The summed E-state index contributed by atoms with van der Waals surface area (Å²) in [5.41, 5.74) is 7.05. The number of aryl methyl sites for hydroxylation is 1. The van der Waals surface area contributed by atoms with Crippen LogP contribution in [0.3, 0.4) is 0 Å². The molecule has 0 saturated heterocycles. The fraction of sp³-hybridized carbons (Fsp3) is 0.400. The summed E-state index contributed by atoms with van der Waals surface area (Å²) in [6.07, 6.45) is 15.0. The highest BCUT2D eigenvalue weighted by molar-refractivity contribution is 7.14. The monoisotopic (exact) mass is 460 g/mol. The topological polar surface area (TPSA) is 0 Å². The Hall–Kier alpha value is -1.90. The summed E-state index contributed by atoms with van der Waals surface area (Å²) in [5, 5.41) is 4.40. The van der Waals surface area contributed by atoms with Gasteiger partial charge in [0.15, 0.2) is 0 Å². The van der Waals surface area contributed by atoms with Crippen molar-refractivity contribution in [3.63, 3.8) is 0 Å². The molecule has 0 nitrogen and oxygen atoms in total. The maximum atomic E-state index is 2.50. The summed E-state index contributed by atoms with van der Waals surface area (Å²) >= 11 is 3.71. The molecule has 0 unspecified atom stereocenters. The molecule has 0 spiro atoms. The molecule has 0 fully saturated rings. The first-order valence-corrected chi connectivity index (χ1v) is 14.3. The van der Waals surface area contributed by atoms with Crippen molar-refractivity contribution in [2.24, 2.45) is 0 Å². The zero-order valence-corrected chi connectivity index (χ0v) is 21.1. The van der Waals surface area contributed by atoms with E-state index in [0.29, 0.717) is 0 Å². The fourth-order valence-electron chi connectivity index (χ4n) is 4.69. The third-order valence-corrected chi connectivity index (χ3v) is 8.28. The summed E-state index contributed by atoms with van der Waals surface area (Å²) in [7, 11) is 0. The standard InChI is InChI=1S/C30H36S2/c1-2-3-4-5-6-7-8-9-10-11-15-25-23-28(30-19-14-21-32-30)26-17-12-16-24(26)22-27(25)29-18-13-20-31-29/h12-14,16-23H,2-11,15H2,1H3. The largest absolute Gasteiger partial charge is 0.144 e. The van der Waals surface area contributed by atoms with E-state index in [-0.39, 0.29) is 0 Å². The fourth-order valence-corrected chi connectivity index (χ4v) is 6.22. The molecule has 2 aromatic heterocycles. The van der Waals surface area contributed by atoms with Gasteiger partial charge in [0.2, 0.25) is 0 Å². The summed E-state index contributed by atoms with van der Waals surface area (Å²) in [6.45, 7) is 2.29. The molecule has 4 rings (SSSR count). The lowest BCUT2D eigenvalue weighted by molar-refractivity contribution is 0.556. The highest BCUT2D eigenvalue weighted by Crippen LogP contribution is 2.41. The van der Waals surface area contributed by atoms with Crippen molar-refractivity contribution >= 4 is 22.7 Å². The first-order valence-electron chi connectivity index (χ1n) is 12.5. The molecule has 0 aromatic carbocycles. The molecular formula is C30H36S2. The van der Waals surface area contributed by atoms with Crippen LogP contribution in [0.1, 0.15) is 76.7 Å². The lowest BCUT2D eigenvalue weighted by atomic mass is 10.00. The quantitative estimate of drug-likeness (QED) is 0.174. The van der Waals surface area contributed by atoms with E-state index in [1.165, 1.54) is 108 Å². The smallest absolute Gasteiger partial charge is 0.0349 e. The van der Waals surface area contributed by atoms with Crippen LogP contribution in [0, 0.1) is 0 Å². The first kappa shape index (κ1) is 23.3. The zero-order chi connectivity index (χ0) is 22.0. The van der Waals surface area contributed by atoms with Crippen LogP contribution in [0.2, 0.25) is 0 Å². The van der Waals surface area contributed by atoms with E-state index in [0.717, 1.165) is 0 Å². The van der Waals surface area contributed by atoms with Gasteiger partial charge in [0.25, 0.3) is 0 Å². The highest BCUT2D eigenvalue weighted by Gasteiger charge is 2.15. The maximum Gasteiger partial charge on any atom is 0.0349 e. The van der Waals surface area contributed by atoms with Gasteiger partial charge in [0, 0.05) is 9.75 Å². The average molecular weight is 461 g/mol. The van der Waals surface area contributed by atoms with Crippen LogP contribution in [-0.2, 0) is 6.42 Å². The Labute approximate surface area is 202 Å². The molecule has 2 aliphatic rings. The Kier molecular flexibility index (Phi) is 8.99. The predicted molar refractivity (Wildman–Crippen MR) is 145 cm³/mol. The summed E-state index contributed by atoms with van der Waals surface area (Å²) < 4.78 is 0. The Morgan fingerprint density at radius 3 is 1.81 bits per heavy atom. The minimum absolute atomic E-state index is 1.17. The minimum atomic E-state index is 1.17. The second-order valence-corrected chi connectivity index (χ2v) is 10.8. The van der Waals surface area contributed by atoms with Crippen molar-refractivity contribution in [1.29, 1.82) is 0 Å². The number of rotatable bonds is 13. The lowest BCUT2D eigenvalue weighted by Crippen LogP contribution is -1.89. The molecule has 2 aromatic rings. The van der Waals surface area contributed by atoms with E-state index in [2.05, 4.69) is 72.3 Å². The maximum absolute atomic E-state index is 2.50. The predicted octanol–water partition coefficient (Wildman–Crippen LogP) is 10.7. The molecule has 0 radical (unpaired) electrons. The van der Waals surface area contributed by atoms with Crippen molar-refractivity contribution in [3.8, 4) is 32.0 Å². The van der Waals surface area contributed by atoms with Gasteiger partial charge in [0.1, 0.15) is 0 Å². The second-order valence-electron chi connectivity index (χ2n) is 8.92. The van der Waals surface area contributed by atoms with Crippen LogP contribution in [-0.4, -0.2) is 0 Å². The first-order chi connectivity index (χ1) is 15.9. The molecule has 32 heavy (non-hydrogen) atoms. The van der Waals surface area contributed by atoms with Crippen LogP contribution in [0.15, 0.2) is 65.4 Å². The van der Waals surface area contributed by atoms with Crippen LogP contribution in [0.25, 0.3) is 32.0 Å². The van der Waals surface area contributed by atoms with Crippen molar-refractivity contribution in [2.45, 2.75) is 77.6 Å². The van der Waals surface area contributed by atoms with Gasteiger partial charge in [-0.1, -0.05) is 95.0 Å². The molecule has 0 N–H and O–H groups in total. The Morgan fingerprint density at radius 1 is 0.562 bits per heavy atom. The SMILES string of the molecule is CCCCCCCCCCCCc1cc(-c2cccs2)c2cccc-2cc1-c1cccs1. The van der Waals surface area contributed by atoms with Crippen LogP contribution in [0.5, 0.6) is 0 Å². The molecule has 0 aliphatic heterocycles. The van der Waals surface area contributed by atoms with E-state index in [4.69, 9.17) is 0 Å². The summed E-state index contributed by atoms with van der Waals surface area (Å²) in [6, 6.07) is 20.6. The Bertz CT molecular complexity index is 1010. The molecule has 2 heteroatoms. The summed E-state index contributed by atoms with van der Waals surface area (Å²) in [5.74, 6) is 0. The highest BCUT2D eigenvalue weighted by atomic mass is 32.1. The van der Waals surface area contributed by atoms with Gasteiger partial charge in [0.05, 0.1) is 0 Å². The van der Waals surface area contributed by atoms with Gasteiger partial charge in [-0.15, -0.1) is 22.7 Å². The number of unbranched alkanes of at least 4 members (excludes halogenated alkanes) is 9. The van der Waals surface area contributed by atoms with Crippen molar-refractivity contribution in [3.05, 3.63) is 70.9 Å². The third kappa shape index (κ3) is 6.11. The number of hydrogen-bond donors (Lipinski definition) is 0. The molecule has 168 valence electrons. The van der Waals surface area contributed by atoms with Gasteiger partial charge in [-0.2, -0.15) is 0 Å². The zero-order valence-electron chi connectivity index (χ0n) is 19.4. The van der Waals surface area contributed by atoms with Gasteiger partial charge < -0.3 is 0 Å². The summed E-state index contributed by atoms with van der Waals surface area (Å²) in [4.78, 5) is 2.77. The van der Waals surface area contributed by atoms with Crippen molar-refractivity contribution in [2.75, 3.05) is 0 Å². The third-order valence-electron chi connectivity index (χ3n) is 6.48. The molecule has 2 aliphatic carbocycles.